The SMILES string of the molecule is c1ccc([C@]2(c3cccc(-c4nccc5ccccc45)c3)c3ccccc3-c3cccnc32)cc1. The van der Waals surface area contributed by atoms with Gasteiger partial charge in [-0.15, -0.1) is 0 Å². The van der Waals surface area contributed by atoms with Crippen molar-refractivity contribution in [2.75, 3.05) is 0 Å². The highest BCUT2D eigenvalue weighted by Gasteiger charge is 2.47. The van der Waals surface area contributed by atoms with Crippen LogP contribution in [0.2, 0.25) is 0 Å². The lowest BCUT2D eigenvalue weighted by molar-refractivity contribution is 0.738. The molecule has 6 aromatic rings. The summed E-state index contributed by atoms with van der Waals surface area (Å²) in [5.74, 6) is 0. The first-order chi connectivity index (χ1) is 17.4. The Hall–Kier alpha value is -4.56. The third-order valence-corrected chi connectivity index (χ3v) is 7.23. The molecular formula is C33H22N2. The smallest absolute Gasteiger partial charge is 0.0886 e. The molecule has 0 N–H and O–H groups in total. The Kier molecular flexibility index (Phi) is 4.40. The van der Waals surface area contributed by atoms with Crippen molar-refractivity contribution in [3.05, 3.63) is 156 Å². The summed E-state index contributed by atoms with van der Waals surface area (Å²) in [4.78, 5) is 9.83. The lowest BCUT2D eigenvalue weighted by Crippen LogP contribution is -2.29. The predicted molar refractivity (Wildman–Crippen MR) is 142 cm³/mol. The molecule has 1 aliphatic carbocycles. The molecule has 1 atom stereocenters. The molecule has 2 heterocycles. The second kappa shape index (κ2) is 7.75. The molecule has 1 aliphatic rings. The van der Waals surface area contributed by atoms with E-state index >= 15 is 0 Å². The number of pyridine rings is 2. The van der Waals surface area contributed by atoms with E-state index in [1.807, 2.05) is 18.5 Å². The highest BCUT2D eigenvalue weighted by Crippen LogP contribution is 2.55. The number of aromatic nitrogens is 2. The van der Waals surface area contributed by atoms with Gasteiger partial charge in [0.1, 0.15) is 0 Å². The number of hydrogen-bond acceptors (Lipinski definition) is 2. The van der Waals surface area contributed by atoms with Crippen LogP contribution in [0.15, 0.2) is 134 Å². The maximum atomic E-state index is 5.02. The van der Waals surface area contributed by atoms with Crippen LogP contribution in [0, 0.1) is 0 Å². The van der Waals surface area contributed by atoms with Gasteiger partial charge in [-0.05, 0) is 45.8 Å². The van der Waals surface area contributed by atoms with E-state index in [0.717, 1.165) is 22.3 Å². The zero-order valence-electron chi connectivity index (χ0n) is 19.1. The van der Waals surface area contributed by atoms with Crippen molar-refractivity contribution < 1.29 is 0 Å². The van der Waals surface area contributed by atoms with E-state index in [9.17, 15) is 0 Å². The fourth-order valence-corrected chi connectivity index (χ4v) is 5.78. The highest BCUT2D eigenvalue weighted by molar-refractivity contribution is 5.95. The largest absolute Gasteiger partial charge is 0.259 e. The van der Waals surface area contributed by atoms with Crippen molar-refractivity contribution in [1.82, 2.24) is 9.97 Å². The van der Waals surface area contributed by atoms with E-state index in [1.165, 1.54) is 33.2 Å². The fourth-order valence-electron chi connectivity index (χ4n) is 5.78. The summed E-state index contributed by atoms with van der Waals surface area (Å²) in [5.41, 5.74) is 8.80. The zero-order chi connectivity index (χ0) is 23.2. The molecule has 0 amide bonds. The molecular weight excluding hydrogens is 424 g/mol. The van der Waals surface area contributed by atoms with Gasteiger partial charge in [0.25, 0.3) is 0 Å². The predicted octanol–water partition coefficient (Wildman–Crippen LogP) is 7.66. The van der Waals surface area contributed by atoms with Crippen molar-refractivity contribution in [2.24, 2.45) is 0 Å². The Morgan fingerprint density at radius 2 is 1.29 bits per heavy atom. The van der Waals surface area contributed by atoms with Crippen LogP contribution in [0.4, 0.5) is 0 Å². The van der Waals surface area contributed by atoms with Gasteiger partial charge >= 0.3 is 0 Å². The standard InChI is InChI=1S/C33H22N2/c1-2-12-25(13-3-1)33(30-18-7-6-16-28(30)29-17-9-20-35-32(29)33)26-14-8-11-24(22-26)31-27-15-5-4-10-23(27)19-21-34-31/h1-22H/t33-/m0/s1. The lowest BCUT2D eigenvalue weighted by Gasteiger charge is -2.33. The third-order valence-electron chi connectivity index (χ3n) is 7.23. The maximum absolute atomic E-state index is 5.02. The van der Waals surface area contributed by atoms with Crippen LogP contribution >= 0.6 is 0 Å². The summed E-state index contributed by atoms with van der Waals surface area (Å²) in [6.07, 6.45) is 3.82. The molecule has 164 valence electrons. The second-order valence-electron chi connectivity index (χ2n) is 9.02. The van der Waals surface area contributed by atoms with Crippen LogP contribution in [-0.2, 0) is 5.41 Å². The minimum atomic E-state index is -0.505. The second-order valence-corrected chi connectivity index (χ2v) is 9.02. The van der Waals surface area contributed by atoms with Crippen LogP contribution in [-0.4, -0.2) is 9.97 Å². The highest BCUT2D eigenvalue weighted by atomic mass is 14.7. The summed E-state index contributed by atoms with van der Waals surface area (Å²) >= 11 is 0. The molecule has 0 bridgehead atoms. The van der Waals surface area contributed by atoms with Gasteiger partial charge in [0.2, 0.25) is 0 Å². The van der Waals surface area contributed by atoms with Crippen LogP contribution in [0.25, 0.3) is 33.2 Å². The van der Waals surface area contributed by atoms with Gasteiger partial charge < -0.3 is 0 Å². The summed E-state index contributed by atoms with van der Waals surface area (Å²) in [6, 6.07) is 43.1. The molecule has 7 rings (SSSR count). The van der Waals surface area contributed by atoms with E-state index in [0.29, 0.717) is 0 Å². The van der Waals surface area contributed by atoms with Gasteiger partial charge in [0, 0.05) is 28.9 Å². The Labute approximate surface area is 204 Å². The first kappa shape index (κ1) is 19.9. The maximum Gasteiger partial charge on any atom is 0.0886 e. The normalized spacial score (nSPS) is 16.1. The Balaban J connectivity index is 1.57. The van der Waals surface area contributed by atoms with Crippen LogP contribution in [0.5, 0.6) is 0 Å². The molecule has 0 fully saturated rings. The van der Waals surface area contributed by atoms with Gasteiger partial charge in [-0.1, -0.05) is 103 Å². The van der Waals surface area contributed by atoms with Gasteiger partial charge in [0.15, 0.2) is 0 Å². The van der Waals surface area contributed by atoms with Crippen molar-refractivity contribution in [1.29, 1.82) is 0 Å². The van der Waals surface area contributed by atoms with Crippen LogP contribution in [0.1, 0.15) is 22.4 Å². The van der Waals surface area contributed by atoms with E-state index in [4.69, 9.17) is 9.97 Å². The number of rotatable bonds is 3. The van der Waals surface area contributed by atoms with E-state index < -0.39 is 5.41 Å². The quantitative estimate of drug-likeness (QED) is 0.278. The third kappa shape index (κ3) is 2.83. The summed E-state index contributed by atoms with van der Waals surface area (Å²) in [7, 11) is 0. The average Bonchev–Trinajstić information content (AvgIpc) is 3.25. The monoisotopic (exact) mass is 446 g/mol. The average molecular weight is 447 g/mol. The molecule has 0 unspecified atom stereocenters. The summed E-state index contributed by atoms with van der Waals surface area (Å²) in [5, 5.41) is 2.35. The lowest BCUT2D eigenvalue weighted by atomic mass is 9.69. The first-order valence-corrected chi connectivity index (χ1v) is 11.9. The number of nitrogens with zero attached hydrogens (tertiary/aromatic N) is 2. The molecule has 4 aromatic carbocycles. The van der Waals surface area contributed by atoms with E-state index in [1.54, 1.807) is 0 Å². The Morgan fingerprint density at radius 3 is 2.23 bits per heavy atom. The van der Waals surface area contributed by atoms with Crippen molar-refractivity contribution in [2.45, 2.75) is 5.41 Å². The minimum Gasteiger partial charge on any atom is -0.259 e. The number of fused-ring (bicyclic) bond motifs is 4. The molecule has 2 aromatic heterocycles. The van der Waals surface area contributed by atoms with Crippen LogP contribution < -0.4 is 0 Å². The molecule has 35 heavy (non-hydrogen) atoms. The first-order valence-electron chi connectivity index (χ1n) is 11.9. The van der Waals surface area contributed by atoms with Crippen molar-refractivity contribution >= 4 is 10.8 Å². The fraction of sp³-hybridized carbons (Fsp3) is 0.0303. The molecule has 2 nitrogen and oxygen atoms in total. The van der Waals surface area contributed by atoms with E-state index in [2.05, 4.69) is 115 Å². The Bertz CT molecular complexity index is 1650. The van der Waals surface area contributed by atoms with E-state index in [-0.39, 0.29) is 0 Å². The molecule has 0 saturated carbocycles. The zero-order valence-corrected chi connectivity index (χ0v) is 19.1. The molecule has 2 heteroatoms. The van der Waals surface area contributed by atoms with Gasteiger partial charge in [-0.2, -0.15) is 0 Å². The van der Waals surface area contributed by atoms with Crippen molar-refractivity contribution in [3.8, 4) is 22.4 Å². The Morgan fingerprint density at radius 1 is 0.514 bits per heavy atom. The number of benzene rings is 4. The summed E-state index contributed by atoms with van der Waals surface area (Å²) in [6.45, 7) is 0. The molecule has 0 radical (unpaired) electrons. The summed E-state index contributed by atoms with van der Waals surface area (Å²) < 4.78 is 0. The minimum absolute atomic E-state index is 0.505. The van der Waals surface area contributed by atoms with Gasteiger partial charge in [0.05, 0.1) is 16.8 Å². The molecule has 0 saturated heterocycles. The number of hydrogen-bond donors (Lipinski definition) is 0. The van der Waals surface area contributed by atoms with Crippen molar-refractivity contribution in [3.63, 3.8) is 0 Å². The topological polar surface area (TPSA) is 25.8 Å². The molecule has 0 aliphatic heterocycles. The van der Waals surface area contributed by atoms with Gasteiger partial charge in [-0.3, -0.25) is 9.97 Å². The molecule has 0 spiro atoms. The van der Waals surface area contributed by atoms with Gasteiger partial charge in [-0.25, -0.2) is 0 Å². The van der Waals surface area contributed by atoms with Crippen LogP contribution in [0.3, 0.4) is 0 Å².